The second-order valence-electron chi connectivity index (χ2n) is 9.46. The molecule has 0 saturated carbocycles. The zero-order valence-corrected chi connectivity index (χ0v) is 22.1. The van der Waals surface area contributed by atoms with E-state index in [1.54, 1.807) is 23.3 Å². The first kappa shape index (κ1) is 29.5. The van der Waals surface area contributed by atoms with Crippen LogP contribution in [0.5, 0.6) is 0 Å². The summed E-state index contributed by atoms with van der Waals surface area (Å²) in [6, 6.07) is 13.7. The number of rotatable bonds is 18. The molecule has 6 heteroatoms. The number of halogens is 1. The Bertz CT molecular complexity index is 901. The lowest BCUT2D eigenvalue weighted by Crippen LogP contribution is -2.28. The zero-order valence-electron chi connectivity index (χ0n) is 22.1. The molecule has 2 aromatic rings. The van der Waals surface area contributed by atoms with Gasteiger partial charge in [-0.15, -0.1) is 5.06 Å². The minimum atomic E-state index is -0.405. The minimum absolute atomic E-state index is 0.0691. The Morgan fingerprint density at radius 1 is 0.861 bits per heavy atom. The summed E-state index contributed by atoms with van der Waals surface area (Å²) in [7, 11) is 0. The molecule has 0 aromatic heterocycles. The smallest absolute Gasteiger partial charge is 0.322 e. The van der Waals surface area contributed by atoms with Crippen molar-refractivity contribution < 1.29 is 18.8 Å². The van der Waals surface area contributed by atoms with Crippen LogP contribution in [0.3, 0.4) is 0 Å². The lowest BCUT2D eigenvalue weighted by Gasteiger charge is -2.20. The van der Waals surface area contributed by atoms with Crippen molar-refractivity contribution in [3.63, 3.8) is 0 Å². The summed E-state index contributed by atoms with van der Waals surface area (Å²) < 4.78 is 13.4. The Kier molecular flexibility index (Phi) is 14.5. The quantitative estimate of drug-likeness (QED) is 0.178. The molecule has 0 aliphatic carbocycles. The van der Waals surface area contributed by atoms with Crippen molar-refractivity contribution in [1.82, 2.24) is 10.4 Å². The van der Waals surface area contributed by atoms with Crippen LogP contribution in [0.4, 0.5) is 4.39 Å². The van der Waals surface area contributed by atoms with Gasteiger partial charge in [0.2, 0.25) is 0 Å². The normalized spacial score (nSPS) is 11.0. The number of hydrogen-bond acceptors (Lipinski definition) is 4. The number of nitrogens with one attached hydrogen (secondary N) is 1. The summed E-state index contributed by atoms with van der Waals surface area (Å²) >= 11 is 0. The van der Waals surface area contributed by atoms with E-state index in [2.05, 4.69) is 12.2 Å². The Morgan fingerprint density at radius 2 is 1.50 bits per heavy atom. The molecule has 0 aliphatic heterocycles. The van der Waals surface area contributed by atoms with Gasteiger partial charge in [0, 0.05) is 25.6 Å². The van der Waals surface area contributed by atoms with Gasteiger partial charge < -0.3 is 10.2 Å². The molecule has 2 rings (SSSR count). The number of hydroxylamine groups is 2. The summed E-state index contributed by atoms with van der Waals surface area (Å²) in [5.74, 6) is -0.758. The fraction of sp³-hybridized carbons (Fsp3) is 0.533. The van der Waals surface area contributed by atoms with Crippen molar-refractivity contribution in [3.8, 4) is 0 Å². The highest BCUT2D eigenvalue weighted by Crippen LogP contribution is 2.12. The Hall–Kier alpha value is -2.73. The number of benzene rings is 2. The van der Waals surface area contributed by atoms with Crippen molar-refractivity contribution >= 4 is 11.9 Å². The highest BCUT2D eigenvalue weighted by atomic mass is 19.1. The molecular formula is C30H43FN2O3. The Balaban J connectivity index is 1.68. The van der Waals surface area contributed by atoms with Crippen molar-refractivity contribution in [3.05, 3.63) is 71.0 Å². The van der Waals surface area contributed by atoms with E-state index >= 15 is 0 Å². The van der Waals surface area contributed by atoms with Crippen molar-refractivity contribution in [2.24, 2.45) is 0 Å². The Morgan fingerprint density at radius 3 is 2.11 bits per heavy atom. The van der Waals surface area contributed by atoms with Crippen LogP contribution in [-0.2, 0) is 22.6 Å². The van der Waals surface area contributed by atoms with Crippen LogP contribution in [0.2, 0.25) is 0 Å². The predicted molar refractivity (Wildman–Crippen MR) is 143 cm³/mol. The molecule has 1 N–H and O–H groups in total. The van der Waals surface area contributed by atoms with E-state index in [1.165, 1.54) is 70.4 Å². The maximum absolute atomic E-state index is 13.4. The van der Waals surface area contributed by atoms with Gasteiger partial charge in [-0.3, -0.25) is 9.59 Å². The summed E-state index contributed by atoms with van der Waals surface area (Å²) in [5.41, 5.74) is 2.37. The zero-order chi connectivity index (χ0) is 26.0. The van der Waals surface area contributed by atoms with Crippen LogP contribution in [0.15, 0.2) is 48.5 Å². The molecule has 1 amide bonds. The summed E-state index contributed by atoms with van der Waals surface area (Å²) in [6.45, 7) is 5.11. The van der Waals surface area contributed by atoms with E-state index in [1.807, 2.05) is 18.2 Å². The third-order valence-electron chi connectivity index (χ3n) is 6.19. The highest BCUT2D eigenvalue weighted by molar-refractivity contribution is 5.94. The molecule has 0 bridgehead atoms. The third-order valence-corrected chi connectivity index (χ3v) is 6.19. The molecule has 0 aliphatic rings. The van der Waals surface area contributed by atoms with Crippen LogP contribution >= 0.6 is 0 Å². The maximum Gasteiger partial charge on any atom is 0.322 e. The number of nitrogens with zero attached hydrogens (tertiary/aromatic N) is 1. The maximum atomic E-state index is 13.4. The van der Waals surface area contributed by atoms with Gasteiger partial charge in [0.25, 0.3) is 5.91 Å². The number of carbonyl (C=O) groups excluding carboxylic acids is 2. The van der Waals surface area contributed by atoms with Crippen molar-refractivity contribution in [2.75, 3.05) is 13.1 Å². The van der Waals surface area contributed by atoms with Gasteiger partial charge >= 0.3 is 5.97 Å². The second kappa shape index (κ2) is 17.7. The lowest BCUT2D eigenvalue weighted by molar-refractivity contribution is -0.190. The molecule has 0 fully saturated rings. The van der Waals surface area contributed by atoms with Gasteiger partial charge in [-0.2, -0.15) is 0 Å². The fourth-order valence-corrected chi connectivity index (χ4v) is 4.17. The molecule has 198 valence electrons. The predicted octanol–water partition coefficient (Wildman–Crippen LogP) is 7.00. The summed E-state index contributed by atoms with van der Waals surface area (Å²) in [4.78, 5) is 29.3. The number of carbonyl (C=O) groups is 2. The van der Waals surface area contributed by atoms with E-state index in [-0.39, 0.29) is 11.7 Å². The van der Waals surface area contributed by atoms with Crippen LogP contribution in [0, 0.1) is 5.82 Å². The van der Waals surface area contributed by atoms with Crippen molar-refractivity contribution in [2.45, 2.75) is 91.0 Å². The van der Waals surface area contributed by atoms with Crippen LogP contribution in [-0.4, -0.2) is 30.0 Å². The van der Waals surface area contributed by atoms with Crippen LogP contribution < -0.4 is 5.32 Å². The molecular weight excluding hydrogens is 455 g/mol. The topological polar surface area (TPSA) is 58.6 Å². The van der Waals surface area contributed by atoms with Gasteiger partial charge in [0.05, 0.1) is 6.54 Å². The fourth-order valence-electron chi connectivity index (χ4n) is 4.17. The van der Waals surface area contributed by atoms with Gasteiger partial charge in [0.1, 0.15) is 5.82 Å². The summed E-state index contributed by atoms with van der Waals surface area (Å²) in [5, 5.41) is 4.57. The monoisotopic (exact) mass is 498 g/mol. The number of unbranched alkanes of at least 4 members (excludes halogenated alkanes) is 9. The Labute approximate surface area is 216 Å². The first-order valence-electron chi connectivity index (χ1n) is 13.5. The molecule has 5 nitrogen and oxygen atoms in total. The first-order chi connectivity index (χ1) is 17.5. The minimum Gasteiger partial charge on any atom is -0.368 e. The van der Waals surface area contributed by atoms with Crippen molar-refractivity contribution in [1.29, 1.82) is 0 Å². The number of amides is 1. The summed E-state index contributed by atoms with van der Waals surface area (Å²) in [6.07, 6.45) is 13.3. The number of hydrogen-bond donors (Lipinski definition) is 1. The second-order valence-corrected chi connectivity index (χ2v) is 9.46. The molecule has 0 atom stereocenters. The van der Waals surface area contributed by atoms with Crippen LogP contribution in [0.25, 0.3) is 0 Å². The van der Waals surface area contributed by atoms with Gasteiger partial charge in [0.15, 0.2) is 0 Å². The van der Waals surface area contributed by atoms with E-state index < -0.39 is 5.97 Å². The largest absolute Gasteiger partial charge is 0.368 e. The van der Waals surface area contributed by atoms with Crippen LogP contribution in [0.1, 0.15) is 99.5 Å². The standard InChI is InChI=1S/C30H43FN2O3/c1-3-4-5-6-7-8-9-10-11-12-21-32-30(35)28-18-16-27(17-19-28)24-33(36-25(2)34)22-20-26-14-13-15-29(31)23-26/h13-19,23H,3-12,20-22,24H2,1-2H3,(H,32,35). The van der Waals surface area contributed by atoms with Gasteiger partial charge in [-0.25, -0.2) is 4.39 Å². The van der Waals surface area contributed by atoms with Gasteiger partial charge in [-0.05, 0) is 48.2 Å². The van der Waals surface area contributed by atoms with E-state index in [9.17, 15) is 14.0 Å². The average molecular weight is 499 g/mol. The molecule has 0 heterocycles. The lowest BCUT2D eigenvalue weighted by atomic mass is 10.1. The van der Waals surface area contributed by atoms with E-state index in [0.29, 0.717) is 31.6 Å². The molecule has 2 aromatic carbocycles. The highest BCUT2D eigenvalue weighted by Gasteiger charge is 2.12. The van der Waals surface area contributed by atoms with Gasteiger partial charge in [-0.1, -0.05) is 89.0 Å². The SMILES string of the molecule is CCCCCCCCCCCCNC(=O)c1ccc(CN(CCc2cccc(F)c2)OC(C)=O)cc1. The molecule has 36 heavy (non-hydrogen) atoms. The molecule has 0 unspecified atom stereocenters. The molecule has 0 saturated heterocycles. The molecule has 0 spiro atoms. The average Bonchev–Trinajstić information content (AvgIpc) is 2.86. The molecule has 0 radical (unpaired) electrons. The third kappa shape index (κ3) is 12.8. The van der Waals surface area contributed by atoms with E-state index in [0.717, 1.165) is 24.0 Å². The van der Waals surface area contributed by atoms with E-state index in [4.69, 9.17) is 4.84 Å². The first-order valence-corrected chi connectivity index (χ1v) is 13.5.